The number of carbonyl (C=O) groups is 2. The van der Waals surface area contributed by atoms with Crippen molar-refractivity contribution in [1.82, 2.24) is 4.90 Å². The largest absolute Gasteiger partial charge is 0.444 e. The number of amides is 1. The van der Waals surface area contributed by atoms with Gasteiger partial charge in [-0.15, -0.1) is 0 Å². The lowest BCUT2D eigenvalue weighted by Gasteiger charge is -2.31. The first kappa shape index (κ1) is 19.2. The Morgan fingerprint density at radius 2 is 1.74 bits per heavy atom. The van der Waals surface area contributed by atoms with E-state index in [1.807, 2.05) is 57.2 Å². The maximum atomic E-state index is 12.7. The maximum absolute atomic E-state index is 12.7. The van der Waals surface area contributed by atoms with Gasteiger partial charge < -0.3 is 9.47 Å². The van der Waals surface area contributed by atoms with Gasteiger partial charge in [-0.25, -0.2) is 9.59 Å². The van der Waals surface area contributed by atoms with Gasteiger partial charge in [-0.05, 0) is 56.5 Å². The second kappa shape index (κ2) is 7.99. The van der Waals surface area contributed by atoms with E-state index >= 15 is 0 Å². The van der Waals surface area contributed by atoms with Gasteiger partial charge in [0.2, 0.25) is 0 Å². The molecule has 1 amide bonds. The molecule has 5 heteroatoms. The van der Waals surface area contributed by atoms with E-state index in [4.69, 9.17) is 9.47 Å². The van der Waals surface area contributed by atoms with Crippen LogP contribution < -0.4 is 0 Å². The van der Waals surface area contributed by atoms with Crippen LogP contribution in [0.5, 0.6) is 0 Å². The minimum absolute atomic E-state index is 0.416. The zero-order valence-corrected chi connectivity index (χ0v) is 16.2. The highest BCUT2D eigenvalue weighted by Gasteiger charge is 2.32. The van der Waals surface area contributed by atoms with Crippen LogP contribution in [-0.2, 0) is 9.47 Å². The first-order valence-electron chi connectivity index (χ1n) is 9.53. The summed E-state index contributed by atoms with van der Waals surface area (Å²) >= 11 is 0. The van der Waals surface area contributed by atoms with Crippen molar-refractivity contribution in [3.05, 3.63) is 48.0 Å². The zero-order chi connectivity index (χ0) is 19.4. The topological polar surface area (TPSA) is 55.8 Å². The van der Waals surface area contributed by atoms with Crippen LogP contribution in [0.3, 0.4) is 0 Å². The maximum Gasteiger partial charge on any atom is 0.413 e. The van der Waals surface area contributed by atoms with Gasteiger partial charge in [-0.3, -0.25) is 4.90 Å². The molecule has 1 aliphatic rings. The fraction of sp³-hybridized carbons (Fsp3) is 0.455. The summed E-state index contributed by atoms with van der Waals surface area (Å²) in [6.07, 6.45) is 2.39. The molecule has 0 radical (unpaired) electrons. The Balaban J connectivity index is 1.76. The summed E-state index contributed by atoms with van der Waals surface area (Å²) in [6, 6.07) is 13.4. The van der Waals surface area contributed by atoms with Crippen molar-refractivity contribution in [2.45, 2.75) is 58.3 Å². The standard InChI is InChI=1S/C22H27NO4/c1-22(2,3)27-21(25)23-14-8-4-5-11-19(23)26-20(24)18-13-12-16-9-6-7-10-17(16)15-18/h6-7,9-10,12-13,15,19H,4-5,8,11,14H2,1-3H3. The van der Waals surface area contributed by atoms with Crippen LogP contribution in [0.2, 0.25) is 0 Å². The zero-order valence-electron chi connectivity index (χ0n) is 16.2. The molecule has 1 unspecified atom stereocenters. The van der Waals surface area contributed by atoms with Gasteiger partial charge in [0.05, 0.1) is 5.56 Å². The average Bonchev–Trinajstić information content (AvgIpc) is 2.85. The molecule has 1 aliphatic heterocycles. The second-order valence-electron chi connectivity index (χ2n) is 7.94. The summed E-state index contributed by atoms with van der Waals surface area (Å²) in [5.41, 5.74) is -0.0990. The molecule has 1 heterocycles. The summed E-state index contributed by atoms with van der Waals surface area (Å²) in [5.74, 6) is -0.416. The van der Waals surface area contributed by atoms with E-state index in [9.17, 15) is 9.59 Å². The average molecular weight is 369 g/mol. The Morgan fingerprint density at radius 1 is 1.00 bits per heavy atom. The summed E-state index contributed by atoms with van der Waals surface area (Å²) in [4.78, 5) is 26.9. The number of rotatable bonds is 2. The monoisotopic (exact) mass is 369 g/mol. The van der Waals surface area contributed by atoms with Crippen LogP contribution >= 0.6 is 0 Å². The smallest absolute Gasteiger partial charge is 0.413 e. The van der Waals surface area contributed by atoms with E-state index in [2.05, 4.69) is 0 Å². The van der Waals surface area contributed by atoms with Crippen LogP contribution in [-0.4, -0.2) is 35.3 Å². The van der Waals surface area contributed by atoms with Crippen LogP contribution in [0.15, 0.2) is 42.5 Å². The molecule has 0 N–H and O–H groups in total. The first-order chi connectivity index (χ1) is 12.8. The quantitative estimate of drug-likeness (QED) is 0.688. The highest BCUT2D eigenvalue weighted by atomic mass is 16.6. The van der Waals surface area contributed by atoms with Gasteiger partial charge in [-0.2, -0.15) is 0 Å². The van der Waals surface area contributed by atoms with Gasteiger partial charge in [0.25, 0.3) is 0 Å². The van der Waals surface area contributed by atoms with Gasteiger partial charge in [0.1, 0.15) is 5.60 Å². The third kappa shape index (κ3) is 5.00. The number of ether oxygens (including phenoxy) is 2. The minimum atomic E-state index is -0.596. The number of benzene rings is 2. The molecule has 5 nitrogen and oxygen atoms in total. The molecule has 1 fully saturated rings. The summed E-state index contributed by atoms with van der Waals surface area (Å²) in [6.45, 7) is 6.03. The molecule has 0 bridgehead atoms. The third-order valence-corrected chi connectivity index (χ3v) is 4.55. The molecule has 0 spiro atoms. The van der Waals surface area contributed by atoms with E-state index in [-0.39, 0.29) is 0 Å². The number of carbonyl (C=O) groups excluding carboxylic acids is 2. The van der Waals surface area contributed by atoms with E-state index in [0.717, 1.165) is 30.0 Å². The highest BCUT2D eigenvalue weighted by molar-refractivity contribution is 5.95. The van der Waals surface area contributed by atoms with E-state index in [0.29, 0.717) is 18.5 Å². The Kier molecular flexibility index (Phi) is 5.68. The second-order valence-corrected chi connectivity index (χ2v) is 7.94. The Hall–Kier alpha value is -2.56. The Labute approximate surface area is 160 Å². The summed E-state index contributed by atoms with van der Waals surface area (Å²) in [5, 5.41) is 2.05. The van der Waals surface area contributed by atoms with Crippen molar-refractivity contribution in [2.75, 3.05) is 6.54 Å². The summed E-state index contributed by atoms with van der Waals surface area (Å²) in [7, 11) is 0. The van der Waals surface area contributed by atoms with Crippen LogP contribution in [0.4, 0.5) is 4.79 Å². The van der Waals surface area contributed by atoms with E-state index < -0.39 is 23.9 Å². The lowest BCUT2D eigenvalue weighted by molar-refractivity contribution is -0.0458. The van der Waals surface area contributed by atoms with E-state index in [1.54, 1.807) is 11.0 Å². The summed E-state index contributed by atoms with van der Waals surface area (Å²) < 4.78 is 11.2. The molecule has 1 saturated heterocycles. The normalized spacial score (nSPS) is 18.0. The highest BCUT2D eigenvalue weighted by Crippen LogP contribution is 2.23. The molecule has 27 heavy (non-hydrogen) atoms. The molecule has 144 valence electrons. The van der Waals surface area contributed by atoms with Crippen LogP contribution in [0.1, 0.15) is 56.8 Å². The van der Waals surface area contributed by atoms with Gasteiger partial charge in [0.15, 0.2) is 6.23 Å². The molecule has 2 aromatic carbocycles. The minimum Gasteiger partial charge on any atom is -0.444 e. The predicted molar refractivity (Wildman–Crippen MR) is 105 cm³/mol. The van der Waals surface area contributed by atoms with Crippen molar-refractivity contribution in [2.24, 2.45) is 0 Å². The predicted octanol–water partition coefficient (Wildman–Crippen LogP) is 5.13. The van der Waals surface area contributed by atoms with Crippen molar-refractivity contribution >= 4 is 22.8 Å². The Morgan fingerprint density at radius 3 is 2.48 bits per heavy atom. The fourth-order valence-electron chi connectivity index (χ4n) is 3.24. The lowest BCUT2D eigenvalue weighted by atomic mass is 10.1. The number of hydrogen-bond acceptors (Lipinski definition) is 4. The number of nitrogens with zero attached hydrogens (tertiary/aromatic N) is 1. The molecule has 1 atom stereocenters. The van der Waals surface area contributed by atoms with Gasteiger partial charge in [0, 0.05) is 13.0 Å². The molecular weight excluding hydrogens is 342 g/mol. The Bertz CT molecular complexity index is 824. The first-order valence-corrected chi connectivity index (χ1v) is 9.53. The van der Waals surface area contributed by atoms with Gasteiger partial charge in [-0.1, -0.05) is 36.8 Å². The number of fused-ring (bicyclic) bond motifs is 1. The molecular formula is C22H27NO4. The van der Waals surface area contributed by atoms with Crippen LogP contribution in [0.25, 0.3) is 10.8 Å². The van der Waals surface area contributed by atoms with Crippen molar-refractivity contribution in [3.8, 4) is 0 Å². The van der Waals surface area contributed by atoms with Crippen molar-refractivity contribution < 1.29 is 19.1 Å². The number of hydrogen-bond donors (Lipinski definition) is 0. The fourth-order valence-corrected chi connectivity index (χ4v) is 3.24. The third-order valence-electron chi connectivity index (χ3n) is 4.55. The van der Waals surface area contributed by atoms with Crippen molar-refractivity contribution in [3.63, 3.8) is 0 Å². The number of likely N-dealkylation sites (tertiary alicyclic amines) is 1. The van der Waals surface area contributed by atoms with E-state index in [1.165, 1.54) is 0 Å². The van der Waals surface area contributed by atoms with Crippen LogP contribution in [0, 0.1) is 0 Å². The molecule has 0 aliphatic carbocycles. The lowest BCUT2D eigenvalue weighted by Crippen LogP contribution is -2.45. The SMILES string of the molecule is CC(C)(C)OC(=O)N1CCCCCC1OC(=O)c1ccc2ccccc2c1. The molecule has 0 saturated carbocycles. The molecule has 2 aromatic rings. The van der Waals surface area contributed by atoms with Gasteiger partial charge >= 0.3 is 12.1 Å². The van der Waals surface area contributed by atoms with Crippen molar-refractivity contribution in [1.29, 1.82) is 0 Å². The molecule has 3 rings (SSSR count). The number of esters is 1. The molecule has 0 aromatic heterocycles.